The Bertz CT molecular complexity index is 772. The predicted octanol–water partition coefficient (Wildman–Crippen LogP) is 5.08. The summed E-state index contributed by atoms with van der Waals surface area (Å²) in [5.41, 5.74) is 0.308. The first-order chi connectivity index (χ1) is 12.7. The molecular formula is C20H22BrClFNO3. The largest absolute Gasteiger partial charge is 0.456 e. The first-order valence-electron chi connectivity index (χ1n) is 9.34. The molecule has 1 aromatic carbocycles. The first-order valence-corrected chi connectivity index (χ1v) is 10.5. The highest BCUT2D eigenvalue weighted by Crippen LogP contribution is 2.65. The van der Waals surface area contributed by atoms with E-state index in [1.54, 1.807) is 0 Å². The number of amides is 1. The third kappa shape index (κ3) is 4.16. The van der Waals surface area contributed by atoms with Gasteiger partial charge in [-0.25, -0.2) is 4.39 Å². The van der Waals surface area contributed by atoms with Crippen molar-refractivity contribution in [2.75, 3.05) is 11.9 Å². The molecule has 0 aliphatic heterocycles. The molecule has 4 aliphatic rings. The summed E-state index contributed by atoms with van der Waals surface area (Å²) in [6, 6.07) is 3.70. The Morgan fingerprint density at radius 1 is 1.26 bits per heavy atom. The number of benzene rings is 1. The normalized spacial score (nSPS) is 33.7. The fourth-order valence-corrected chi connectivity index (χ4v) is 7.55. The van der Waals surface area contributed by atoms with Crippen molar-refractivity contribution >= 4 is 45.1 Å². The lowest BCUT2D eigenvalue weighted by Gasteiger charge is -2.60. The van der Waals surface area contributed by atoms with Gasteiger partial charge in [-0.1, -0.05) is 27.5 Å². The van der Waals surface area contributed by atoms with Gasteiger partial charge < -0.3 is 10.1 Å². The molecule has 2 atom stereocenters. The first kappa shape index (κ1) is 19.2. The van der Waals surface area contributed by atoms with Crippen LogP contribution in [0, 0.1) is 23.1 Å². The van der Waals surface area contributed by atoms with Crippen molar-refractivity contribution in [2.45, 2.75) is 49.3 Å². The second-order valence-corrected chi connectivity index (χ2v) is 10.7. The summed E-state index contributed by atoms with van der Waals surface area (Å²) in [5, 5.41) is 2.64. The minimum absolute atomic E-state index is 0.0153. The quantitative estimate of drug-likeness (QED) is 0.494. The molecule has 1 aromatic rings. The van der Waals surface area contributed by atoms with Gasteiger partial charge in [0.25, 0.3) is 5.91 Å². The number of esters is 1. The summed E-state index contributed by atoms with van der Waals surface area (Å²) in [6.45, 7) is -0.366. The SMILES string of the molecule is O=C(COC(=O)CC12C[C@@H]3C[C@H](CC(Br)(C3)C1)C2)Nc1ccc(F)cc1Cl. The van der Waals surface area contributed by atoms with Gasteiger partial charge in [0.05, 0.1) is 17.1 Å². The highest BCUT2D eigenvalue weighted by atomic mass is 79.9. The molecule has 27 heavy (non-hydrogen) atoms. The Labute approximate surface area is 171 Å². The molecule has 4 aliphatic carbocycles. The van der Waals surface area contributed by atoms with E-state index in [2.05, 4.69) is 21.2 Å². The number of hydrogen-bond acceptors (Lipinski definition) is 3. The van der Waals surface area contributed by atoms with Crippen LogP contribution in [0.3, 0.4) is 0 Å². The number of rotatable bonds is 5. The van der Waals surface area contributed by atoms with Crippen LogP contribution in [0.4, 0.5) is 10.1 Å². The molecule has 0 spiro atoms. The molecule has 0 unspecified atom stereocenters. The Morgan fingerprint density at radius 3 is 2.59 bits per heavy atom. The molecule has 5 rings (SSSR count). The average Bonchev–Trinajstić information content (AvgIpc) is 2.53. The van der Waals surface area contributed by atoms with E-state index in [0.717, 1.165) is 25.3 Å². The van der Waals surface area contributed by atoms with Crippen molar-refractivity contribution in [3.63, 3.8) is 0 Å². The van der Waals surface area contributed by atoms with Crippen molar-refractivity contribution in [3.8, 4) is 0 Å². The average molecular weight is 459 g/mol. The lowest BCUT2D eigenvalue weighted by molar-refractivity contribution is -0.153. The van der Waals surface area contributed by atoms with Crippen LogP contribution in [0.25, 0.3) is 0 Å². The monoisotopic (exact) mass is 457 g/mol. The Kier molecular flexibility index (Phi) is 5.00. The molecule has 0 heterocycles. The zero-order valence-corrected chi connectivity index (χ0v) is 17.2. The summed E-state index contributed by atoms with van der Waals surface area (Å²) < 4.78 is 18.5. The molecule has 4 bridgehead atoms. The number of alkyl halides is 1. The van der Waals surface area contributed by atoms with E-state index in [1.807, 2.05) is 0 Å². The Balaban J connectivity index is 1.30. The molecule has 4 nitrogen and oxygen atoms in total. The van der Waals surface area contributed by atoms with Crippen molar-refractivity contribution in [1.82, 2.24) is 0 Å². The van der Waals surface area contributed by atoms with Gasteiger partial charge in [-0.2, -0.15) is 0 Å². The van der Waals surface area contributed by atoms with Gasteiger partial charge in [-0.15, -0.1) is 0 Å². The summed E-state index contributed by atoms with van der Waals surface area (Å²) in [7, 11) is 0. The van der Waals surface area contributed by atoms with Crippen molar-refractivity contribution in [1.29, 1.82) is 0 Å². The van der Waals surface area contributed by atoms with Crippen molar-refractivity contribution < 1.29 is 18.7 Å². The van der Waals surface area contributed by atoms with Crippen LogP contribution in [0.2, 0.25) is 5.02 Å². The van der Waals surface area contributed by atoms with Crippen LogP contribution in [0.5, 0.6) is 0 Å². The zero-order valence-electron chi connectivity index (χ0n) is 14.9. The molecule has 0 radical (unpaired) electrons. The second-order valence-electron chi connectivity index (χ2n) is 8.62. The summed E-state index contributed by atoms with van der Waals surface area (Å²) >= 11 is 9.82. The molecule has 1 amide bonds. The van der Waals surface area contributed by atoms with E-state index in [-0.39, 0.29) is 27.3 Å². The second kappa shape index (κ2) is 7.03. The molecule has 0 aromatic heterocycles. The van der Waals surface area contributed by atoms with Gasteiger partial charge in [0.15, 0.2) is 6.61 Å². The summed E-state index contributed by atoms with van der Waals surface area (Å²) in [6.07, 6.45) is 7.26. The lowest BCUT2D eigenvalue weighted by atomic mass is 9.49. The van der Waals surface area contributed by atoms with Crippen molar-refractivity contribution in [2.24, 2.45) is 17.3 Å². The van der Waals surface area contributed by atoms with Gasteiger partial charge >= 0.3 is 5.97 Å². The van der Waals surface area contributed by atoms with Gasteiger partial charge in [0.1, 0.15) is 5.82 Å². The number of carbonyl (C=O) groups excluding carboxylic acids is 2. The summed E-state index contributed by atoms with van der Waals surface area (Å²) in [4.78, 5) is 24.4. The van der Waals surface area contributed by atoms with Crippen LogP contribution in [0.15, 0.2) is 18.2 Å². The smallest absolute Gasteiger partial charge is 0.306 e. The number of carbonyl (C=O) groups is 2. The van der Waals surface area contributed by atoms with Crippen LogP contribution in [-0.4, -0.2) is 22.8 Å². The molecule has 146 valence electrons. The fraction of sp³-hybridized carbons (Fsp3) is 0.600. The van der Waals surface area contributed by atoms with E-state index >= 15 is 0 Å². The highest BCUT2D eigenvalue weighted by Gasteiger charge is 2.57. The third-order valence-electron chi connectivity index (χ3n) is 6.20. The standard InChI is InChI=1S/C20H22BrClFNO3/c21-20-7-12-3-13(8-20)6-19(5-12,11-20)9-18(26)27-10-17(25)24-16-2-1-14(23)4-15(16)22/h1-2,4,12-13H,3,5-11H2,(H,24,25)/t12-,13-,19?,20?/m0/s1. The van der Waals surface area contributed by atoms with E-state index in [9.17, 15) is 14.0 Å². The molecule has 1 N–H and O–H groups in total. The number of ether oxygens (including phenoxy) is 1. The lowest BCUT2D eigenvalue weighted by Crippen LogP contribution is -2.53. The van der Waals surface area contributed by atoms with Gasteiger partial charge in [-0.3, -0.25) is 9.59 Å². The van der Waals surface area contributed by atoms with E-state index in [1.165, 1.54) is 31.4 Å². The Morgan fingerprint density at radius 2 is 1.96 bits per heavy atom. The summed E-state index contributed by atoms with van der Waals surface area (Å²) in [5.74, 6) is 0.0991. The number of halogens is 3. The molecule has 7 heteroatoms. The maximum Gasteiger partial charge on any atom is 0.306 e. The minimum atomic E-state index is -0.487. The van der Waals surface area contributed by atoms with Gasteiger partial charge in [0, 0.05) is 4.32 Å². The third-order valence-corrected chi connectivity index (χ3v) is 7.44. The molecular weight excluding hydrogens is 437 g/mol. The van der Waals surface area contributed by atoms with Crippen LogP contribution in [0.1, 0.15) is 44.9 Å². The highest BCUT2D eigenvalue weighted by molar-refractivity contribution is 9.10. The molecule has 4 saturated carbocycles. The topological polar surface area (TPSA) is 55.4 Å². The fourth-order valence-electron chi connectivity index (χ4n) is 5.82. The van der Waals surface area contributed by atoms with Crippen LogP contribution in [-0.2, 0) is 14.3 Å². The minimum Gasteiger partial charge on any atom is -0.456 e. The van der Waals surface area contributed by atoms with Crippen LogP contribution < -0.4 is 5.32 Å². The molecule has 4 fully saturated rings. The van der Waals surface area contributed by atoms with E-state index < -0.39 is 11.7 Å². The predicted molar refractivity (Wildman–Crippen MR) is 104 cm³/mol. The van der Waals surface area contributed by atoms with Gasteiger partial charge in [0.2, 0.25) is 0 Å². The number of nitrogens with one attached hydrogen (secondary N) is 1. The maximum atomic E-state index is 13.1. The van der Waals surface area contributed by atoms with Crippen molar-refractivity contribution in [3.05, 3.63) is 29.0 Å². The van der Waals surface area contributed by atoms with E-state index in [4.69, 9.17) is 16.3 Å². The number of hydrogen-bond donors (Lipinski definition) is 1. The maximum absolute atomic E-state index is 13.1. The van der Waals surface area contributed by atoms with Crippen LogP contribution >= 0.6 is 27.5 Å². The van der Waals surface area contributed by atoms with Gasteiger partial charge in [-0.05, 0) is 74.0 Å². The Hall–Kier alpha value is -1.14. The zero-order chi connectivity index (χ0) is 19.2. The molecule has 0 saturated heterocycles. The van der Waals surface area contributed by atoms with E-state index in [0.29, 0.717) is 23.9 Å². The number of anilines is 1.